The summed E-state index contributed by atoms with van der Waals surface area (Å²) in [7, 11) is 0. The maximum atomic E-state index is 12.8. The maximum Gasteiger partial charge on any atom is 0.337 e. The summed E-state index contributed by atoms with van der Waals surface area (Å²) >= 11 is 0. The van der Waals surface area contributed by atoms with Gasteiger partial charge in [0.05, 0.1) is 23.0 Å². The highest BCUT2D eigenvalue weighted by molar-refractivity contribution is 6.35. The minimum atomic E-state index is -0.990. The van der Waals surface area contributed by atoms with Crippen molar-refractivity contribution in [1.82, 2.24) is 14.8 Å². The number of fused-ring (bicyclic) bond motifs is 1. The molecule has 0 unspecified atom stereocenters. The van der Waals surface area contributed by atoms with Crippen molar-refractivity contribution in [2.45, 2.75) is 20.8 Å². The Balaban J connectivity index is 1.58. The van der Waals surface area contributed by atoms with E-state index in [1.807, 2.05) is 66.3 Å². The van der Waals surface area contributed by atoms with Gasteiger partial charge in [-0.25, -0.2) is 9.48 Å². The lowest BCUT2D eigenvalue weighted by Crippen LogP contribution is -2.03. The topological polar surface area (TPSA) is 100 Å². The molecule has 5 rings (SSSR count). The smallest absolute Gasteiger partial charge is 0.337 e. The molecule has 1 aliphatic rings. The standard InChI is InChI=1S/C26H22N4O3/c1-14-23(28-15(2)24(14)26(32)33)12-20-19-11-17(9-10-22(19)29-25(20)31)21-13-27-30(16(21)3)18-7-5-4-6-8-18/h4-13,28H,1-3H3,(H,29,31)(H,32,33)/b20-12-. The highest BCUT2D eigenvalue weighted by atomic mass is 16.4. The average molecular weight is 438 g/mol. The zero-order valence-corrected chi connectivity index (χ0v) is 18.4. The van der Waals surface area contributed by atoms with E-state index in [9.17, 15) is 14.7 Å². The number of carboxylic acid groups (broad SMARTS) is 1. The molecule has 0 spiro atoms. The van der Waals surface area contributed by atoms with Gasteiger partial charge in [-0.2, -0.15) is 5.10 Å². The highest BCUT2D eigenvalue weighted by Crippen LogP contribution is 2.37. The zero-order valence-electron chi connectivity index (χ0n) is 18.4. The molecule has 3 heterocycles. The van der Waals surface area contributed by atoms with Crippen molar-refractivity contribution in [2.75, 3.05) is 5.32 Å². The number of amides is 1. The Morgan fingerprint density at radius 2 is 1.82 bits per heavy atom. The van der Waals surface area contributed by atoms with Gasteiger partial charge in [0.15, 0.2) is 0 Å². The number of aromatic carboxylic acids is 1. The molecule has 4 aromatic rings. The van der Waals surface area contributed by atoms with E-state index in [-0.39, 0.29) is 11.5 Å². The van der Waals surface area contributed by atoms with E-state index < -0.39 is 5.97 Å². The molecular formula is C26H22N4O3. The number of nitrogens with one attached hydrogen (secondary N) is 2. The number of benzene rings is 2. The largest absolute Gasteiger partial charge is 0.478 e. The summed E-state index contributed by atoms with van der Waals surface area (Å²) in [6.07, 6.45) is 3.55. The summed E-state index contributed by atoms with van der Waals surface area (Å²) < 4.78 is 1.89. The van der Waals surface area contributed by atoms with Gasteiger partial charge in [-0.3, -0.25) is 4.79 Å². The van der Waals surface area contributed by atoms with Crippen LogP contribution in [0.4, 0.5) is 5.69 Å². The zero-order chi connectivity index (χ0) is 23.3. The molecule has 3 N–H and O–H groups in total. The molecule has 0 bridgehead atoms. The lowest BCUT2D eigenvalue weighted by molar-refractivity contribution is -0.110. The van der Waals surface area contributed by atoms with Crippen molar-refractivity contribution in [3.8, 4) is 16.8 Å². The molecule has 0 aliphatic carbocycles. The van der Waals surface area contributed by atoms with Gasteiger partial charge in [-0.05, 0) is 62.2 Å². The number of nitrogens with zero attached hydrogens (tertiary/aromatic N) is 2. The van der Waals surface area contributed by atoms with Crippen molar-refractivity contribution in [2.24, 2.45) is 0 Å². The molecule has 7 nitrogen and oxygen atoms in total. The van der Waals surface area contributed by atoms with Crippen LogP contribution in [0.2, 0.25) is 0 Å². The van der Waals surface area contributed by atoms with Crippen LogP contribution in [0.1, 0.15) is 38.6 Å². The molecule has 1 amide bonds. The van der Waals surface area contributed by atoms with Gasteiger partial charge < -0.3 is 15.4 Å². The lowest BCUT2D eigenvalue weighted by Gasteiger charge is -2.07. The Bertz CT molecular complexity index is 1460. The Hall–Kier alpha value is -4.39. The van der Waals surface area contributed by atoms with Gasteiger partial charge in [0.1, 0.15) is 0 Å². The normalized spacial score (nSPS) is 13.9. The number of H-pyrrole nitrogens is 1. The molecule has 1 aliphatic heterocycles. The van der Waals surface area contributed by atoms with Crippen molar-refractivity contribution in [3.05, 3.63) is 88.5 Å². The third-order valence-electron chi connectivity index (χ3n) is 6.10. The Kier molecular flexibility index (Phi) is 4.74. The van der Waals surface area contributed by atoms with Crippen LogP contribution in [-0.4, -0.2) is 31.7 Å². The van der Waals surface area contributed by atoms with E-state index in [1.54, 1.807) is 19.9 Å². The molecule has 0 atom stereocenters. The maximum absolute atomic E-state index is 12.8. The number of carbonyl (C=O) groups excluding carboxylic acids is 1. The van der Waals surface area contributed by atoms with E-state index in [2.05, 4.69) is 15.4 Å². The van der Waals surface area contributed by atoms with Crippen LogP contribution in [-0.2, 0) is 4.79 Å². The van der Waals surface area contributed by atoms with Crippen LogP contribution >= 0.6 is 0 Å². The number of aryl methyl sites for hydroxylation is 1. The van der Waals surface area contributed by atoms with Crippen molar-refractivity contribution in [3.63, 3.8) is 0 Å². The van der Waals surface area contributed by atoms with Gasteiger partial charge in [0.2, 0.25) is 0 Å². The van der Waals surface area contributed by atoms with Crippen molar-refractivity contribution >= 4 is 29.2 Å². The molecule has 2 aromatic heterocycles. The summed E-state index contributed by atoms with van der Waals surface area (Å²) in [5.74, 6) is -1.21. The van der Waals surface area contributed by atoms with E-state index in [4.69, 9.17) is 0 Å². The first-order valence-corrected chi connectivity index (χ1v) is 10.6. The molecule has 164 valence electrons. The van der Waals surface area contributed by atoms with E-state index in [0.29, 0.717) is 22.5 Å². The molecule has 0 saturated carbocycles. The SMILES string of the molecule is Cc1[nH]c(/C=C2\C(=O)Nc3ccc(-c4cnn(-c5ccccc5)c4C)cc32)c(C)c1C(=O)O. The quantitative estimate of drug-likeness (QED) is 0.391. The predicted octanol–water partition coefficient (Wildman–Crippen LogP) is 4.98. The van der Waals surface area contributed by atoms with Crippen LogP contribution < -0.4 is 5.32 Å². The number of aromatic nitrogens is 3. The summed E-state index contributed by atoms with van der Waals surface area (Å²) in [6.45, 7) is 5.47. The second-order valence-corrected chi connectivity index (χ2v) is 8.13. The molecule has 0 saturated heterocycles. The fourth-order valence-electron chi connectivity index (χ4n) is 4.41. The minimum absolute atomic E-state index is 0.220. The fourth-order valence-corrected chi connectivity index (χ4v) is 4.41. The second-order valence-electron chi connectivity index (χ2n) is 8.13. The van der Waals surface area contributed by atoms with Gasteiger partial charge in [0, 0.05) is 33.9 Å². The first-order chi connectivity index (χ1) is 15.8. The molecule has 7 heteroatoms. The third kappa shape index (κ3) is 3.34. The van der Waals surface area contributed by atoms with E-state index in [0.717, 1.165) is 33.8 Å². The van der Waals surface area contributed by atoms with Crippen LogP contribution in [0, 0.1) is 20.8 Å². The predicted molar refractivity (Wildman–Crippen MR) is 127 cm³/mol. The number of aromatic amines is 1. The first-order valence-electron chi connectivity index (χ1n) is 10.6. The van der Waals surface area contributed by atoms with Crippen LogP contribution in [0.5, 0.6) is 0 Å². The number of anilines is 1. The Morgan fingerprint density at radius 3 is 2.52 bits per heavy atom. The molecular weight excluding hydrogens is 416 g/mol. The summed E-state index contributed by atoms with van der Waals surface area (Å²) in [5.41, 5.74) is 7.88. The number of rotatable bonds is 4. The van der Waals surface area contributed by atoms with Gasteiger partial charge in [0.25, 0.3) is 5.91 Å². The molecule has 33 heavy (non-hydrogen) atoms. The molecule has 0 fully saturated rings. The molecule has 2 aromatic carbocycles. The fraction of sp³-hybridized carbons (Fsp3) is 0.115. The Labute approximate surface area is 190 Å². The van der Waals surface area contributed by atoms with Crippen LogP contribution in [0.25, 0.3) is 28.5 Å². The minimum Gasteiger partial charge on any atom is -0.478 e. The monoisotopic (exact) mass is 438 g/mol. The number of carboxylic acids is 1. The highest BCUT2D eigenvalue weighted by Gasteiger charge is 2.26. The number of hydrogen-bond donors (Lipinski definition) is 3. The molecule has 0 radical (unpaired) electrons. The first kappa shape index (κ1) is 20.5. The Morgan fingerprint density at radius 1 is 1.06 bits per heavy atom. The second kappa shape index (κ2) is 7.63. The van der Waals surface area contributed by atoms with Crippen LogP contribution in [0.15, 0.2) is 54.7 Å². The average Bonchev–Trinajstić information content (AvgIpc) is 3.41. The van der Waals surface area contributed by atoms with Crippen LogP contribution in [0.3, 0.4) is 0 Å². The number of para-hydroxylation sites is 1. The third-order valence-corrected chi connectivity index (χ3v) is 6.10. The number of hydrogen-bond acceptors (Lipinski definition) is 3. The lowest BCUT2D eigenvalue weighted by atomic mass is 9.98. The van der Waals surface area contributed by atoms with Gasteiger partial charge in [-0.1, -0.05) is 24.3 Å². The van der Waals surface area contributed by atoms with Gasteiger partial charge >= 0.3 is 5.97 Å². The summed E-state index contributed by atoms with van der Waals surface area (Å²) in [4.78, 5) is 27.4. The van der Waals surface area contributed by atoms with Crippen molar-refractivity contribution in [1.29, 1.82) is 0 Å². The van der Waals surface area contributed by atoms with E-state index >= 15 is 0 Å². The summed E-state index contributed by atoms with van der Waals surface area (Å²) in [6, 6.07) is 15.7. The van der Waals surface area contributed by atoms with Gasteiger partial charge in [-0.15, -0.1) is 0 Å². The van der Waals surface area contributed by atoms with E-state index in [1.165, 1.54) is 0 Å². The number of carbonyl (C=O) groups is 2. The summed E-state index contributed by atoms with van der Waals surface area (Å²) in [5, 5.41) is 16.9. The van der Waals surface area contributed by atoms with Crippen molar-refractivity contribution < 1.29 is 14.7 Å².